The van der Waals surface area contributed by atoms with E-state index in [-0.39, 0.29) is 22.6 Å². The summed E-state index contributed by atoms with van der Waals surface area (Å²) in [6, 6.07) is 16.6. The van der Waals surface area contributed by atoms with Gasteiger partial charge in [-0.05, 0) is 31.0 Å². The molecule has 0 unspecified atom stereocenters. The van der Waals surface area contributed by atoms with Gasteiger partial charge in [-0.25, -0.2) is 8.42 Å². The van der Waals surface area contributed by atoms with Crippen LogP contribution >= 0.6 is 11.8 Å². The van der Waals surface area contributed by atoms with Crippen molar-refractivity contribution in [3.63, 3.8) is 0 Å². The number of ether oxygens (including phenoxy) is 1. The zero-order chi connectivity index (χ0) is 26.8. The van der Waals surface area contributed by atoms with Crippen molar-refractivity contribution in [1.29, 1.82) is 0 Å². The Morgan fingerprint density at radius 3 is 2.51 bits per heavy atom. The van der Waals surface area contributed by atoms with Crippen molar-refractivity contribution in [2.75, 3.05) is 39.1 Å². The quantitative estimate of drug-likeness (QED) is 0.308. The first kappa shape index (κ1) is 28.8. The highest BCUT2D eigenvalue weighted by molar-refractivity contribution is 7.99. The van der Waals surface area contributed by atoms with E-state index < -0.39 is 10.0 Å². The molecule has 37 heavy (non-hydrogen) atoms. The smallest absolute Gasteiger partial charge is 0.243 e. The van der Waals surface area contributed by atoms with Crippen LogP contribution in [0.5, 0.6) is 0 Å². The van der Waals surface area contributed by atoms with Crippen molar-refractivity contribution in [2.24, 2.45) is 0 Å². The number of methoxy groups -OCH3 is 1. The zero-order valence-corrected chi connectivity index (χ0v) is 23.4. The van der Waals surface area contributed by atoms with Gasteiger partial charge in [0.2, 0.25) is 15.9 Å². The second-order valence-corrected chi connectivity index (χ2v) is 11.4. The standard InChI is InChI=1S/C26H35N5O4S2/c1-5-30(6-2)37(33,34)23-14-10-13-22(17-23)25-28-29-26(31(25)20(3)18-35-4)36-19-24(32)27-16-15-21-11-8-7-9-12-21/h7-14,17,20H,5-6,15-16,18-19H2,1-4H3,(H,27,32)/t20-/m0/s1. The van der Waals surface area contributed by atoms with E-state index in [0.29, 0.717) is 42.8 Å². The maximum atomic E-state index is 13.1. The summed E-state index contributed by atoms with van der Waals surface area (Å²) < 4.78 is 34.8. The Labute approximate surface area is 223 Å². The molecule has 0 aliphatic heterocycles. The minimum absolute atomic E-state index is 0.0938. The predicted molar refractivity (Wildman–Crippen MR) is 146 cm³/mol. The third kappa shape index (κ3) is 7.41. The van der Waals surface area contributed by atoms with E-state index in [1.54, 1.807) is 25.3 Å². The van der Waals surface area contributed by atoms with Crippen LogP contribution in [0, 0.1) is 0 Å². The summed E-state index contributed by atoms with van der Waals surface area (Å²) in [6.07, 6.45) is 0.759. The van der Waals surface area contributed by atoms with E-state index in [2.05, 4.69) is 15.5 Å². The Kier molecular flexibility index (Phi) is 10.7. The van der Waals surface area contributed by atoms with Crippen molar-refractivity contribution in [3.8, 4) is 11.4 Å². The lowest BCUT2D eigenvalue weighted by Crippen LogP contribution is -2.30. The molecule has 3 aromatic rings. The molecule has 1 heterocycles. The predicted octanol–water partition coefficient (Wildman–Crippen LogP) is 3.63. The Morgan fingerprint density at radius 2 is 1.84 bits per heavy atom. The van der Waals surface area contributed by atoms with Crippen LogP contribution in [-0.2, 0) is 26.0 Å². The lowest BCUT2D eigenvalue weighted by Gasteiger charge is -2.20. The van der Waals surface area contributed by atoms with Crippen LogP contribution in [-0.4, -0.2) is 72.5 Å². The van der Waals surface area contributed by atoms with E-state index in [1.807, 2.05) is 61.7 Å². The van der Waals surface area contributed by atoms with E-state index in [4.69, 9.17) is 4.74 Å². The van der Waals surface area contributed by atoms with E-state index >= 15 is 0 Å². The number of carbonyl (C=O) groups excluding carboxylic acids is 1. The summed E-state index contributed by atoms with van der Waals surface area (Å²) in [7, 11) is -2.01. The number of hydrogen-bond acceptors (Lipinski definition) is 7. The number of aromatic nitrogens is 3. The van der Waals surface area contributed by atoms with Crippen LogP contribution in [0.15, 0.2) is 64.6 Å². The van der Waals surface area contributed by atoms with Crippen molar-refractivity contribution >= 4 is 27.7 Å². The molecule has 0 aliphatic rings. The summed E-state index contributed by atoms with van der Waals surface area (Å²) in [4.78, 5) is 12.7. The molecule has 0 bridgehead atoms. The molecule has 2 aromatic carbocycles. The van der Waals surface area contributed by atoms with Gasteiger partial charge in [0.05, 0.1) is 23.3 Å². The normalized spacial score (nSPS) is 12.6. The van der Waals surface area contributed by atoms with Gasteiger partial charge in [0, 0.05) is 32.3 Å². The van der Waals surface area contributed by atoms with Gasteiger partial charge in [0.25, 0.3) is 0 Å². The summed E-state index contributed by atoms with van der Waals surface area (Å²) in [5.41, 5.74) is 1.79. The van der Waals surface area contributed by atoms with Crippen LogP contribution in [0.4, 0.5) is 0 Å². The van der Waals surface area contributed by atoms with Crippen LogP contribution in [0.25, 0.3) is 11.4 Å². The van der Waals surface area contributed by atoms with Gasteiger partial charge < -0.3 is 10.1 Å². The molecule has 3 rings (SSSR count). The molecule has 0 radical (unpaired) electrons. The van der Waals surface area contributed by atoms with Gasteiger partial charge in [0.15, 0.2) is 11.0 Å². The van der Waals surface area contributed by atoms with Crippen molar-refractivity contribution in [1.82, 2.24) is 24.4 Å². The first-order valence-electron chi connectivity index (χ1n) is 12.3. The maximum absolute atomic E-state index is 13.1. The monoisotopic (exact) mass is 545 g/mol. The Hall–Kier alpha value is -2.73. The molecule has 1 aromatic heterocycles. The Bertz CT molecular complexity index is 1260. The lowest BCUT2D eigenvalue weighted by molar-refractivity contribution is -0.118. The second kappa shape index (κ2) is 13.7. The highest BCUT2D eigenvalue weighted by Gasteiger charge is 2.24. The molecule has 200 valence electrons. The van der Waals surface area contributed by atoms with Gasteiger partial charge in [-0.1, -0.05) is 68.1 Å². The fraction of sp³-hybridized carbons (Fsp3) is 0.423. The lowest BCUT2D eigenvalue weighted by atomic mass is 10.1. The number of thioether (sulfide) groups is 1. The second-order valence-electron chi connectivity index (χ2n) is 8.47. The fourth-order valence-corrected chi connectivity index (χ4v) is 6.34. The molecule has 0 saturated carbocycles. The van der Waals surface area contributed by atoms with Crippen LogP contribution in [0.3, 0.4) is 0 Å². The topological polar surface area (TPSA) is 106 Å². The number of benzene rings is 2. The molecule has 9 nitrogen and oxygen atoms in total. The number of hydrogen-bond donors (Lipinski definition) is 1. The summed E-state index contributed by atoms with van der Waals surface area (Å²) in [5, 5.41) is 12.2. The number of rotatable bonds is 14. The molecule has 1 amide bonds. The van der Waals surface area contributed by atoms with Crippen molar-refractivity contribution < 1.29 is 17.9 Å². The van der Waals surface area contributed by atoms with Crippen LogP contribution in [0.1, 0.15) is 32.4 Å². The molecule has 1 N–H and O–H groups in total. The van der Waals surface area contributed by atoms with Gasteiger partial charge in [0.1, 0.15) is 0 Å². The maximum Gasteiger partial charge on any atom is 0.243 e. The zero-order valence-electron chi connectivity index (χ0n) is 21.8. The van der Waals surface area contributed by atoms with Gasteiger partial charge in [-0.2, -0.15) is 4.31 Å². The van der Waals surface area contributed by atoms with Gasteiger partial charge >= 0.3 is 0 Å². The Balaban J connectivity index is 1.78. The summed E-state index contributed by atoms with van der Waals surface area (Å²) in [5.74, 6) is 0.611. The average molecular weight is 546 g/mol. The number of carbonyl (C=O) groups is 1. The summed E-state index contributed by atoms with van der Waals surface area (Å²) >= 11 is 1.29. The fourth-order valence-electron chi connectivity index (χ4n) is 3.97. The third-order valence-electron chi connectivity index (χ3n) is 5.86. The first-order chi connectivity index (χ1) is 17.8. The van der Waals surface area contributed by atoms with Gasteiger partial charge in [-0.3, -0.25) is 9.36 Å². The van der Waals surface area contributed by atoms with E-state index in [9.17, 15) is 13.2 Å². The highest BCUT2D eigenvalue weighted by Crippen LogP contribution is 2.30. The minimum atomic E-state index is -3.63. The molecular formula is C26H35N5O4S2. The molecule has 0 aliphatic carbocycles. The minimum Gasteiger partial charge on any atom is -0.383 e. The average Bonchev–Trinajstić information content (AvgIpc) is 3.33. The molecule has 0 fully saturated rings. The van der Waals surface area contributed by atoms with E-state index in [0.717, 1.165) is 6.42 Å². The summed E-state index contributed by atoms with van der Waals surface area (Å²) in [6.45, 7) is 7.33. The number of amides is 1. The molecule has 1 atom stereocenters. The number of sulfonamides is 1. The molecular weight excluding hydrogens is 510 g/mol. The van der Waals surface area contributed by atoms with Gasteiger partial charge in [-0.15, -0.1) is 10.2 Å². The first-order valence-corrected chi connectivity index (χ1v) is 14.7. The molecule has 11 heteroatoms. The van der Waals surface area contributed by atoms with E-state index in [1.165, 1.54) is 21.6 Å². The number of nitrogens with zero attached hydrogens (tertiary/aromatic N) is 4. The van der Waals surface area contributed by atoms with Crippen molar-refractivity contribution in [2.45, 2.75) is 43.3 Å². The third-order valence-corrected chi connectivity index (χ3v) is 8.85. The molecule has 0 spiro atoms. The Morgan fingerprint density at radius 1 is 1.11 bits per heavy atom. The highest BCUT2D eigenvalue weighted by atomic mass is 32.2. The molecule has 0 saturated heterocycles. The number of nitrogens with one attached hydrogen (secondary N) is 1. The van der Waals surface area contributed by atoms with Crippen LogP contribution < -0.4 is 5.32 Å². The van der Waals surface area contributed by atoms with Crippen molar-refractivity contribution in [3.05, 3.63) is 60.2 Å². The van der Waals surface area contributed by atoms with Crippen LogP contribution in [0.2, 0.25) is 0 Å². The largest absolute Gasteiger partial charge is 0.383 e. The SMILES string of the molecule is CCN(CC)S(=O)(=O)c1cccc(-c2nnc(SCC(=O)NCCc3ccccc3)n2[C@@H](C)COC)c1.